The topological polar surface area (TPSA) is 33.2 Å². The van der Waals surface area contributed by atoms with Crippen molar-refractivity contribution < 1.29 is 4.79 Å². The molecule has 0 saturated carbocycles. The molecule has 2 aromatic carbocycles. The van der Waals surface area contributed by atoms with Gasteiger partial charge in [0.1, 0.15) is 5.01 Å². The Morgan fingerprint density at radius 1 is 1.18 bits per heavy atom. The fourth-order valence-corrected chi connectivity index (χ4v) is 3.63. The summed E-state index contributed by atoms with van der Waals surface area (Å²) in [6.07, 6.45) is 0. The number of amides is 1. The summed E-state index contributed by atoms with van der Waals surface area (Å²) in [7, 11) is 1.83. The van der Waals surface area contributed by atoms with Crippen molar-refractivity contribution >= 4 is 50.1 Å². The van der Waals surface area contributed by atoms with Crippen LogP contribution < -0.4 is 0 Å². The highest BCUT2D eigenvalue weighted by Gasteiger charge is 2.21. The van der Waals surface area contributed by atoms with Gasteiger partial charge in [-0.1, -0.05) is 12.1 Å². The number of carbonyl (C=O) groups is 1. The number of hydrogen-bond donors (Lipinski definition) is 0. The van der Waals surface area contributed by atoms with E-state index >= 15 is 0 Å². The standard InChI is InChI=1S/C17H15IN2OS/c1-11(16-19-14-5-3-4-6-15(14)22-16)20(2)17(21)12-7-9-13(18)10-8-12/h3-11H,1-2H3/t11-/m1/s1. The van der Waals surface area contributed by atoms with E-state index in [1.165, 1.54) is 0 Å². The van der Waals surface area contributed by atoms with E-state index in [1.54, 1.807) is 16.2 Å². The highest BCUT2D eigenvalue weighted by atomic mass is 127. The third kappa shape index (κ3) is 3.01. The van der Waals surface area contributed by atoms with E-state index in [9.17, 15) is 4.79 Å². The lowest BCUT2D eigenvalue weighted by Gasteiger charge is -2.23. The number of carbonyl (C=O) groups excluding carboxylic acids is 1. The van der Waals surface area contributed by atoms with Gasteiger partial charge in [0.25, 0.3) is 5.91 Å². The van der Waals surface area contributed by atoms with Crippen molar-refractivity contribution in [1.82, 2.24) is 9.88 Å². The van der Waals surface area contributed by atoms with E-state index in [2.05, 4.69) is 33.6 Å². The van der Waals surface area contributed by atoms with Gasteiger partial charge in [-0.15, -0.1) is 11.3 Å². The number of para-hydroxylation sites is 1. The first kappa shape index (κ1) is 15.4. The molecule has 0 unspecified atom stereocenters. The van der Waals surface area contributed by atoms with Crippen LogP contribution in [0.1, 0.15) is 28.3 Å². The van der Waals surface area contributed by atoms with Crippen LogP contribution in [0.15, 0.2) is 48.5 Å². The van der Waals surface area contributed by atoms with Crippen molar-refractivity contribution in [3.05, 3.63) is 62.7 Å². The quantitative estimate of drug-likeness (QED) is 0.572. The number of hydrogen-bond acceptors (Lipinski definition) is 3. The monoisotopic (exact) mass is 422 g/mol. The molecular weight excluding hydrogens is 407 g/mol. The molecule has 0 spiro atoms. The Hall–Kier alpha value is -1.47. The third-order valence-electron chi connectivity index (χ3n) is 3.66. The first-order valence-corrected chi connectivity index (χ1v) is 8.84. The normalized spacial score (nSPS) is 12.3. The number of rotatable bonds is 3. The molecule has 3 rings (SSSR count). The molecular formula is C17H15IN2OS. The van der Waals surface area contributed by atoms with Gasteiger partial charge in [0, 0.05) is 16.2 Å². The van der Waals surface area contributed by atoms with Gasteiger partial charge < -0.3 is 4.90 Å². The molecule has 3 aromatic rings. The van der Waals surface area contributed by atoms with Crippen LogP contribution in [0.2, 0.25) is 0 Å². The molecule has 0 fully saturated rings. The summed E-state index contributed by atoms with van der Waals surface area (Å²) in [4.78, 5) is 19.0. The molecule has 5 heteroatoms. The zero-order valence-corrected chi connectivity index (χ0v) is 15.3. The van der Waals surface area contributed by atoms with Crippen molar-refractivity contribution in [2.75, 3.05) is 7.05 Å². The average Bonchev–Trinajstić information content (AvgIpc) is 2.97. The summed E-state index contributed by atoms with van der Waals surface area (Å²) in [5.41, 5.74) is 1.69. The van der Waals surface area contributed by atoms with Gasteiger partial charge in [-0.2, -0.15) is 0 Å². The number of thiazole rings is 1. The van der Waals surface area contributed by atoms with E-state index in [0.717, 1.165) is 18.8 Å². The van der Waals surface area contributed by atoms with Gasteiger partial charge in [0.2, 0.25) is 0 Å². The Labute approximate surface area is 147 Å². The highest BCUT2D eigenvalue weighted by Crippen LogP contribution is 2.29. The van der Waals surface area contributed by atoms with E-state index in [-0.39, 0.29) is 11.9 Å². The van der Waals surface area contributed by atoms with Crippen LogP contribution in [0, 0.1) is 3.57 Å². The van der Waals surface area contributed by atoms with E-state index < -0.39 is 0 Å². The Bertz CT molecular complexity index is 780. The summed E-state index contributed by atoms with van der Waals surface area (Å²) >= 11 is 3.88. The molecule has 0 radical (unpaired) electrons. The molecule has 22 heavy (non-hydrogen) atoms. The lowest BCUT2D eigenvalue weighted by molar-refractivity contribution is 0.0742. The second-order valence-electron chi connectivity index (χ2n) is 5.12. The van der Waals surface area contributed by atoms with E-state index in [1.807, 2.05) is 56.4 Å². The van der Waals surface area contributed by atoms with Crippen molar-refractivity contribution in [3.8, 4) is 0 Å². The largest absolute Gasteiger partial charge is 0.333 e. The average molecular weight is 422 g/mol. The van der Waals surface area contributed by atoms with Crippen LogP contribution in [0.5, 0.6) is 0 Å². The molecule has 0 aliphatic carbocycles. The lowest BCUT2D eigenvalue weighted by Crippen LogP contribution is -2.29. The van der Waals surface area contributed by atoms with Crippen LogP contribution in [-0.2, 0) is 0 Å². The van der Waals surface area contributed by atoms with Crippen molar-refractivity contribution in [2.45, 2.75) is 13.0 Å². The van der Waals surface area contributed by atoms with Crippen molar-refractivity contribution in [3.63, 3.8) is 0 Å². The second kappa shape index (κ2) is 6.34. The molecule has 0 N–H and O–H groups in total. The first-order chi connectivity index (χ1) is 10.6. The van der Waals surface area contributed by atoms with Crippen LogP contribution in [-0.4, -0.2) is 22.8 Å². The van der Waals surface area contributed by atoms with Crippen LogP contribution in [0.25, 0.3) is 10.2 Å². The molecule has 1 heterocycles. The highest BCUT2D eigenvalue weighted by molar-refractivity contribution is 14.1. The Morgan fingerprint density at radius 2 is 1.86 bits per heavy atom. The maximum absolute atomic E-state index is 12.6. The van der Waals surface area contributed by atoms with Crippen LogP contribution in [0.4, 0.5) is 0 Å². The summed E-state index contributed by atoms with van der Waals surface area (Å²) in [6, 6.07) is 15.6. The summed E-state index contributed by atoms with van der Waals surface area (Å²) in [5.74, 6) is 0.0168. The predicted molar refractivity (Wildman–Crippen MR) is 99.3 cm³/mol. The van der Waals surface area contributed by atoms with Gasteiger partial charge in [-0.25, -0.2) is 4.98 Å². The molecule has 0 saturated heterocycles. The molecule has 0 bridgehead atoms. The fraction of sp³-hybridized carbons (Fsp3) is 0.176. The smallest absolute Gasteiger partial charge is 0.254 e. The molecule has 0 aliphatic heterocycles. The molecule has 1 atom stereocenters. The number of aromatic nitrogens is 1. The molecule has 1 aromatic heterocycles. The molecule has 3 nitrogen and oxygen atoms in total. The third-order valence-corrected chi connectivity index (χ3v) is 5.59. The lowest BCUT2D eigenvalue weighted by atomic mass is 10.2. The maximum atomic E-state index is 12.6. The van der Waals surface area contributed by atoms with E-state index in [0.29, 0.717) is 5.56 Å². The SMILES string of the molecule is C[C@H](c1nc2ccccc2s1)N(C)C(=O)c1ccc(I)cc1. The van der Waals surface area contributed by atoms with Gasteiger partial charge in [-0.3, -0.25) is 4.79 Å². The van der Waals surface area contributed by atoms with Crippen LogP contribution in [0.3, 0.4) is 0 Å². The Morgan fingerprint density at radius 3 is 2.55 bits per heavy atom. The van der Waals surface area contributed by atoms with Gasteiger partial charge in [-0.05, 0) is 65.9 Å². The first-order valence-electron chi connectivity index (χ1n) is 6.94. The zero-order chi connectivity index (χ0) is 15.7. The number of benzene rings is 2. The minimum absolute atomic E-state index is 0.0168. The second-order valence-corrected chi connectivity index (χ2v) is 7.43. The van der Waals surface area contributed by atoms with E-state index in [4.69, 9.17) is 0 Å². The maximum Gasteiger partial charge on any atom is 0.254 e. The van der Waals surface area contributed by atoms with Gasteiger partial charge in [0.05, 0.1) is 16.3 Å². The number of fused-ring (bicyclic) bond motifs is 1. The van der Waals surface area contributed by atoms with Crippen molar-refractivity contribution in [1.29, 1.82) is 0 Å². The summed E-state index contributed by atoms with van der Waals surface area (Å²) < 4.78 is 2.27. The molecule has 0 aliphatic rings. The number of halogens is 1. The summed E-state index contributed by atoms with van der Waals surface area (Å²) in [5, 5.41) is 0.961. The predicted octanol–water partition coefficient (Wildman–Crippen LogP) is 4.73. The summed E-state index contributed by atoms with van der Waals surface area (Å²) in [6.45, 7) is 2.02. The van der Waals surface area contributed by atoms with Crippen molar-refractivity contribution in [2.24, 2.45) is 0 Å². The Kier molecular flexibility index (Phi) is 4.44. The number of nitrogens with zero attached hydrogens (tertiary/aromatic N) is 2. The zero-order valence-electron chi connectivity index (χ0n) is 12.3. The molecule has 112 valence electrons. The minimum atomic E-state index is -0.0517. The van der Waals surface area contributed by atoms with Gasteiger partial charge in [0.15, 0.2) is 0 Å². The van der Waals surface area contributed by atoms with Crippen LogP contribution >= 0.6 is 33.9 Å². The fourth-order valence-electron chi connectivity index (χ4n) is 2.21. The molecule has 1 amide bonds. The van der Waals surface area contributed by atoms with Gasteiger partial charge >= 0.3 is 0 Å². The Balaban J connectivity index is 1.85. The minimum Gasteiger partial charge on any atom is -0.333 e.